The van der Waals surface area contributed by atoms with E-state index < -0.39 is 24.5 Å². The summed E-state index contributed by atoms with van der Waals surface area (Å²) in [5.41, 5.74) is 0.811. The number of carboxylic acids is 1. The molecule has 7 heteroatoms. The van der Waals surface area contributed by atoms with Gasteiger partial charge in [0.1, 0.15) is 12.6 Å². The number of carboxylic acid groups (broad SMARTS) is 1. The van der Waals surface area contributed by atoms with Crippen molar-refractivity contribution in [1.29, 1.82) is 0 Å². The Balaban J connectivity index is 1.92. The highest BCUT2D eigenvalue weighted by molar-refractivity contribution is 5.89. The molecule has 1 aromatic carbocycles. The molecule has 1 aliphatic rings. The second-order valence-electron chi connectivity index (χ2n) is 6.10. The van der Waals surface area contributed by atoms with Crippen LogP contribution in [0.15, 0.2) is 30.3 Å². The minimum absolute atomic E-state index is 0.0599. The van der Waals surface area contributed by atoms with E-state index in [1.165, 1.54) is 0 Å². The first-order valence-electron chi connectivity index (χ1n) is 8.54. The summed E-state index contributed by atoms with van der Waals surface area (Å²) in [5, 5.41) is 11.4. The number of nitrogens with one attached hydrogen (secondary N) is 1. The molecule has 0 spiro atoms. The quantitative estimate of drug-likeness (QED) is 0.821. The van der Waals surface area contributed by atoms with Gasteiger partial charge in [-0.05, 0) is 18.4 Å². The minimum Gasteiger partial charge on any atom is -0.481 e. The van der Waals surface area contributed by atoms with E-state index in [-0.39, 0.29) is 12.5 Å². The lowest BCUT2D eigenvalue weighted by atomic mass is 10.1. The van der Waals surface area contributed by atoms with Crippen LogP contribution in [-0.2, 0) is 20.9 Å². The largest absolute Gasteiger partial charge is 0.481 e. The number of hydrogen-bond donors (Lipinski definition) is 2. The number of aliphatic carboxylic acids is 1. The molecule has 7 nitrogen and oxygen atoms in total. The highest BCUT2D eigenvalue weighted by Crippen LogP contribution is 2.12. The predicted molar refractivity (Wildman–Crippen MR) is 90.9 cm³/mol. The zero-order valence-corrected chi connectivity index (χ0v) is 14.1. The molecule has 1 atom stereocenters. The van der Waals surface area contributed by atoms with Crippen LogP contribution in [0.2, 0.25) is 0 Å². The molecule has 1 heterocycles. The van der Waals surface area contributed by atoms with Gasteiger partial charge in [-0.25, -0.2) is 4.79 Å². The highest BCUT2D eigenvalue weighted by atomic mass is 16.5. The van der Waals surface area contributed by atoms with Crippen molar-refractivity contribution in [3.63, 3.8) is 0 Å². The molecule has 136 valence electrons. The van der Waals surface area contributed by atoms with Crippen LogP contribution in [0.3, 0.4) is 0 Å². The normalized spacial score (nSPS) is 15.8. The lowest BCUT2D eigenvalue weighted by Gasteiger charge is -2.25. The molecule has 25 heavy (non-hydrogen) atoms. The van der Waals surface area contributed by atoms with Gasteiger partial charge in [0.15, 0.2) is 0 Å². The summed E-state index contributed by atoms with van der Waals surface area (Å²) in [6.07, 6.45) is 2.64. The van der Waals surface area contributed by atoms with Crippen LogP contribution >= 0.6 is 0 Å². The number of alkyl carbamates (subject to hydrolysis) is 1. The van der Waals surface area contributed by atoms with Crippen molar-refractivity contribution < 1.29 is 24.2 Å². The number of hydrogen-bond acceptors (Lipinski definition) is 4. The Hall–Kier alpha value is -2.57. The highest BCUT2D eigenvalue weighted by Gasteiger charge is 2.29. The average Bonchev–Trinajstić information content (AvgIpc) is 2.88. The monoisotopic (exact) mass is 348 g/mol. The smallest absolute Gasteiger partial charge is 0.408 e. The van der Waals surface area contributed by atoms with Crippen LogP contribution in [0.1, 0.15) is 37.7 Å². The number of nitrogens with zero attached hydrogens (tertiary/aromatic N) is 1. The molecule has 2 amide bonds. The van der Waals surface area contributed by atoms with Crippen molar-refractivity contribution in [2.24, 2.45) is 0 Å². The summed E-state index contributed by atoms with van der Waals surface area (Å²) < 4.78 is 5.09. The van der Waals surface area contributed by atoms with Gasteiger partial charge in [0, 0.05) is 13.1 Å². The third-order valence-corrected chi connectivity index (χ3v) is 4.10. The molecule has 0 unspecified atom stereocenters. The Labute approximate surface area is 147 Å². The van der Waals surface area contributed by atoms with E-state index in [0.717, 1.165) is 31.2 Å². The average molecular weight is 348 g/mol. The van der Waals surface area contributed by atoms with Crippen molar-refractivity contribution >= 4 is 18.0 Å². The van der Waals surface area contributed by atoms with Gasteiger partial charge in [-0.3, -0.25) is 9.59 Å². The maximum absolute atomic E-state index is 12.6. The van der Waals surface area contributed by atoms with Crippen LogP contribution in [0.5, 0.6) is 0 Å². The standard InChI is InChI=1S/C18H24N2O5/c21-16(22)12-15(17(23)20-10-6-1-2-7-11-20)19-18(24)25-13-14-8-4-3-5-9-14/h3-5,8-9,15H,1-2,6-7,10-13H2,(H,19,24)(H,21,22)/t15-/m0/s1. The Morgan fingerprint density at radius 2 is 1.72 bits per heavy atom. The van der Waals surface area contributed by atoms with Crippen LogP contribution in [0, 0.1) is 0 Å². The van der Waals surface area contributed by atoms with Crippen molar-refractivity contribution in [3.8, 4) is 0 Å². The summed E-state index contributed by atoms with van der Waals surface area (Å²) in [4.78, 5) is 37.3. The van der Waals surface area contributed by atoms with Crippen LogP contribution in [-0.4, -0.2) is 47.1 Å². The van der Waals surface area contributed by atoms with Gasteiger partial charge in [0.25, 0.3) is 0 Å². The minimum atomic E-state index is -1.14. The molecule has 0 aromatic heterocycles. The van der Waals surface area contributed by atoms with E-state index in [9.17, 15) is 14.4 Å². The summed E-state index contributed by atoms with van der Waals surface area (Å²) in [6.45, 7) is 1.25. The van der Waals surface area contributed by atoms with Gasteiger partial charge in [-0.2, -0.15) is 0 Å². The fraction of sp³-hybridized carbons (Fsp3) is 0.500. The number of rotatable bonds is 6. The molecule has 2 rings (SSSR count). The third kappa shape index (κ3) is 6.45. The van der Waals surface area contributed by atoms with Crippen molar-refractivity contribution in [1.82, 2.24) is 10.2 Å². The second-order valence-corrected chi connectivity index (χ2v) is 6.10. The van der Waals surface area contributed by atoms with Gasteiger partial charge in [0.05, 0.1) is 6.42 Å². The van der Waals surface area contributed by atoms with Gasteiger partial charge in [-0.15, -0.1) is 0 Å². The van der Waals surface area contributed by atoms with E-state index in [0.29, 0.717) is 13.1 Å². The molecule has 1 fully saturated rings. The Morgan fingerprint density at radius 1 is 1.08 bits per heavy atom. The Kier molecular flexibility index (Phi) is 7.25. The summed E-state index contributed by atoms with van der Waals surface area (Å²) in [7, 11) is 0. The second kappa shape index (κ2) is 9.66. The molecule has 0 radical (unpaired) electrons. The van der Waals surface area contributed by atoms with Gasteiger partial charge < -0.3 is 20.1 Å². The number of likely N-dealkylation sites (tertiary alicyclic amines) is 1. The van der Waals surface area contributed by atoms with Gasteiger partial charge >= 0.3 is 12.1 Å². The summed E-state index contributed by atoms with van der Waals surface area (Å²) >= 11 is 0. The number of ether oxygens (including phenoxy) is 1. The first kappa shape index (κ1) is 18.8. The van der Waals surface area contributed by atoms with Crippen molar-refractivity contribution in [2.45, 2.75) is 44.8 Å². The van der Waals surface area contributed by atoms with E-state index in [1.54, 1.807) is 4.90 Å². The van der Waals surface area contributed by atoms with Gasteiger partial charge in [-0.1, -0.05) is 43.2 Å². The summed E-state index contributed by atoms with van der Waals surface area (Å²) in [5.74, 6) is -1.50. The Morgan fingerprint density at radius 3 is 2.32 bits per heavy atom. The number of benzene rings is 1. The molecular weight excluding hydrogens is 324 g/mol. The fourth-order valence-corrected chi connectivity index (χ4v) is 2.79. The molecule has 1 aliphatic heterocycles. The molecule has 1 saturated heterocycles. The van der Waals surface area contributed by atoms with Crippen molar-refractivity contribution in [2.75, 3.05) is 13.1 Å². The third-order valence-electron chi connectivity index (χ3n) is 4.10. The lowest BCUT2D eigenvalue weighted by molar-refractivity contribution is -0.142. The molecule has 1 aromatic rings. The first-order valence-corrected chi connectivity index (χ1v) is 8.54. The molecule has 0 saturated carbocycles. The summed E-state index contributed by atoms with van der Waals surface area (Å²) in [6, 6.07) is 8.01. The van der Waals surface area contributed by atoms with E-state index in [1.807, 2.05) is 30.3 Å². The van der Waals surface area contributed by atoms with E-state index in [4.69, 9.17) is 9.84 Å². The zero-order valence-electron chi connectivity index (χ0n) is 14.1. The zero-order chi connectivity index (χ0) is 18.1. The number of carbonyl (C=O) groups excluding carboxylic acids is 2. The first-order chi connectivity index (χ1) is 12.1. The van der Waals surface area contributed by atoms with Crippen LogP contribution in [0.4, 0.5) is 4.79 Å². The Bertz CT molecular complexity index is 582. The molecule has 0 bridgehead atoms. The maximum atomic E-state index is 12.6. The number of amides is 2. The van der Waals surface area contributed by atoms with Crippen LogP contribution < -0.4 is 5.32 Å². The maximum Gasteiger partial charge on any atom is 0.408 e. The number of carbonyl (C=O) groups is 3. The van der Waals surface area contributed by atoms with E-state index >= 15 is 0 Å². The topological polar surface area (TPSA) is 95.9 Å². The van der Waals surface area contributed by atoms with Gasteiger partial charge in [0.2, 0.25) is 5.91 Å². The van der Waals surface area contributed by atoms with E-state index in [2.05, 4.69) is 5.32 Å². The SMILES string of the molecule is O=C(O)C[C@H](NC(=O)OCc1ccccc1)C(=O)N1CCCCCC1. The molecular formula is C18H24N2O5. The molecule has 0 aliphatic carbocycles. The van der Waals surface area contributed by atoms with Crippen LogP contribution in [0.25, 0.3) is 0 Å². The fourth-order valence-electron chi connectivity index (χ4n) is 2.79. The lowest BCUT2D eigenvalue weighted by Crippen LogP contribution is -2.50. The molecule has 2 N–H and O–H groups in total. The van der Waals surface area contributed by atoms with Crippen molar-refractivity contribution in [3.05, 3.63) is 35.9 Å². The predicted octanol–water partition coefficient (Wildman–Crippen LogP) is 2.16.